The standard InChI is InChI=1S/C13H17N5O3/c1-7(6-21-2)15-13(18-14)16-8-3-4-9-10(5-8)12(20)17-11(9)19/h3-5,7,14,17,19-20H,6H2,1-2H3,(H,15,16). The molecule has 1 heterocycles. The maximum absolute atomic E-state index is 9.67. The van der Waals surface area contributed by atoms with Gasteiger partial charge in [-0.15, -0.1) is 5.11 Å². The first-order chi connectivity index (χ1) is 10.0. The van der Waals surface area contributed by atoms with Crippen LogP contribution in [-0.2, 0) is 4.74 Å². The van der Waals surface area contributed by atoms with E-state index in [1.165, 1.54) is 0 Å². The zero-order valence-corrected chi connectivity index (χ0v) is 11.7. The topological polar surface area (TPSA) is 126 Å². The van der Waals surface area contributed by atoms with Gasteiger partial charge in [-0.2, -0.15) is 0 Å². The molecule has 2 rings (SSSR count). The number of hydrogen-bond acceptors (Lipinski definition) is 5. The number of rotatable bonds is 4. The van der Waals surface area contributed by atoms with Gasteiger partial charge in [-0.3, -0.25) is 4.98 Å². The Labute approximate surface area is 121 Å². The van der Waals surface area contributed by atoms with Crippen LogP contribution in [0.5, 0.6) is 11.8 Å². The lowest BCUT2D eigenvalue weighted by molar-refractivity contribution is 0.186. The fourth-order valence-corrected chi connectivity index (χ4v) is 1.98. The summed E-state index contributed by atoms with van der Waals surface area (Å²) in [6.07, 6.45) is 0. The quantitative estimate of drug-likeness (QED) is 0.337. The summed E-state index contributed by atoms with van der Waals surface area (Å²) in [7, 11) is 1.58. The number of benzene rings is 1. The molecular formula is C13H17N5O3. The molecule has 0 saturated heterocycles. The maximum Gasteiger partial charge on any atom is 0.242 e. The molecule has 0 aliphatic rings. The van der Waals surface area contributed by atoms with Gasteiger partial charge in [0.15, 0.2) is 11.8 Å². The van der Waals surface area contributed by atoms with Gasteiger partial charge in [0.25, 0.3) is 0 Å². The van der Waals surface area contributed by atoms with Crippen LogP contribution in [0.4, 0.5) is 5.69 Å². The summed E-state index contributed by atoms with van der Waals surface area (Å²) in [5.41, 5.74) is 7.73. The predicted octanol–water partition coefficient (Wildman–Crippen LogP) is 2.41. The molecule has 2 aromatic rings. The Morgan fingerprint density at radius 2 is 2.10 bits per heavy atom. The van der Waals surface area contributed by atoms with E-state index in [1.54, 1.807) is 25.3 Å². The van der Waals surface area contributed by atoms with Crippen molar-refractivity contribution < 1.29 is 14.9 Å². The number of aromatic nitrogens is 1. The normalized spacial score (nSPS) is 13.3. The summed E-state index contributed by atoms with van der Waals surface area (Å²) in [6.45, 7) is 2.27. The summed E-state index contributed by atoms with van der Waals surface area (Å²) in [6, 6.07) is 4.82. The summed E-state index contributed by atoms with van der Waals surface area (Å²) in [5, 5.41) is 26.4. The molecule has 0 saturated carbocycles. The molecule has 112 valence electrons. The van der Waals surface area contributed by atoms with Crippen molar-refractivity contribution in [3.8, 4) is 11.8 Å². The van der Waals surface area contributed by atoms with Crippen LogP contribution >= 0.6 is 0 Å². The van der Waals surface area contributed by atoms with Gasteiger partial charge in [0, 0.05) is 23.6 Å². The highest BCUT2D eigenvalue weighted by atomic mass is 16.5. The molecule has 0 fully saturated rings. The Hall–Kier alpha value is -2.61. The molecule has 1 atom stereocenters. The Kier molecular flexibility index (Phi) is 4.39. The summed E-state index contributed by atoms with van der Waals surface area (Å²) < 4.78 is 4.97. The summed E-state index contributed by atoms with van der Waals surface area (Å²) in [4.78, 5) is 6.63. The van der Waals surface area contributed by atoms with E-state index in [4.69, 9.17) is 10.3 Å². The molecule has 1 aromatic heterocycles. The molecule has 8 nitrogen and oxygen atoms in total. The molecule has 8 heteroatoms. The third-order valence-electron chi connectivity index (χ3n) is 2.88. The summed E-state index contributed by atoms with van der Waals surface area (Å²) in [5.74, 6) is -0.0832. The molecular weight excluding hydrogens is 274 g/mol. The number of anilines is 1. The first kappa shape index (κ1) is 14.8. The molecule has 1 unspecified atom stereocenters. The zero-order valence-electron chi connectivity index (χ0n) is 11.7. The van der Waals surface area contributed by atoms with Crippen LogP contribution in [0.3, 0.4) is 0 Å². The van der Waals surface area contributed by atoms with E-state index in [0.717, 1.165) is 0 Å². The van der Waals surface area contributed by atoms with E-state index in [0.29, 0.717) is 23.1 Å². The number of H-pyrrole nitrogens is 1. The Morgan fingerprint density at radius 1 is 1.38 bits per heavy atom. The number of nitrogens with zero attached hydrogens (tertiary/aromatic N) is 2. The second kappa shape index (κ2) is 6.23. The number of nitrogens with one attached hydrogen (secondary N) is 3. The molecule has 1 aromatic carbocycles. The number of aromatic amines is 1. The molecule has 21 heavy (non-hydrogen) atoms. The van der Waals surface area contributed by atoms with Crippen LogP contribution in [0.2, 0.25) is 0 Å². The average molecular weight is 291 g/mol. The van der Waals surface area contributed by atoms with E-state index < -0.39 is 0 Å². The van der Waals surface area contributed by atoms with Crippen LogP contribution in [0.15, 0.2) is 28.3 Å². The third kappa shape index (κ3) is 3.29. The van der Waals surface area contributed by atoms with Crippen molar-refractivity contribution in [2.75, 3.05) is 19.0 Å². The number of fused-ring (bicyclic) bond motifs is 1. The van der Waals surface area contributed by atoms with Crippen molar-refractivity contribution >= 4 is 22.4 Å². The molecule has 0 amide bonds. The van der Waals surface area contributed by atoms with Gasteiger partial charge in [0.05, 0.1) is 12.6 Å². The Morgan fingerprint density at radius 3 is 2.76 bits per heavy atom. The van der Waals surface area contributed by atoms with E-state index in [2.05, 4.69) is 20.4 Å². The fourth-order valence-electron chi connectivity index (χ4n) is 1.98. The SMILES string of the molecule is COCC(C)N=C(N=N)Nc1ccc2c(O)[nH]c(O)c2c1. The minimum Gasteiger partial charge on any atom is -0.494 e. The molecule has 0 aliphatic carbocycles. The molecule has 0 aliphatic heterocycles. The lowest BCUT2D eigenvalue weighted by Gasteiger charge is -2.08. The van der Waals surface area contributed by atoms with E-state index in [1.807, 2.05) is 6.92 Å². The minimum atomic E-state index is -0.139. The number of ether oxygens (including phenoxy) is 1. The molecule has 0 radical (unpaired) electrons. The molecule has 5 N–H and O–H groups in total. The highest BCUT2D eigenvalue weighted by Gasteiger charge is 2.10. The minimum absolute atomic E-state index is 0.0955. The second-order valence-corrected chi connectivity index (χ2v) is 4.58. The van der Waals surface area contributed by atoms with Gasteiger partial charge in [-0.25, -0.2) is 10.5 Å². The van der Waals surface area contributed by atoms with Gasteiger partial charge in [-0.05, 0) is 25.1 Å². The zero-order chi connectivity index (χ0) is 15.4. The van der Waals surface area contributed by atoms with Crippen LogP contribution in [-0.4, -0.2) is 40.9 Å². The van der Waals surface area contributed by atoms with Crippen LogP contribution in [0.25, 0.3) is 10.8 Å². The number of aromatic hydroxyl groups is 2. The van der Waals surface area contributed by atoms with Gasteiger partial charge in [-0.1, -0.05) is 0 Å². The maximum atomic E-state index is 9.67. The number of aliphatic imine (C=N–C) groups is 1. The highest BCUT2D eigenvalue weighted by Crippen LogP contribution is 2.33. The van der Waals surface area contributed by atoms with Gasteiger partial charge in [0.2, 0.25) is 5.96 Å². The van der Waals surface area contributed by atoms with Crippen LogP contribution in [0, 0.1) is 5.53 Å². The van der Waals surface area contributed by atoms with Crippen molar-refractivity contribution in [3.05, 3.63) is 18.2 Å². The van der Waals surface area contributed by atoms with Crippen molar-refractivity contribution in [1.29, 1.82) is 5.53 Å². The monoisotopic (exact) mass is 291 g/mol. The van der Waals surface area contributed by atoms with Crippen molar-refractivity contribution in [2.24, 2.45) is 10.1 Å². The van der Waals surface area contributed by atoms with Gasteiger partial charge >= 0.3 is 0 Å². The summed E-state index contributed by atoms with van der Waals surface area (Å²) >= 11 is 0. The first-order valence-electron chi connectivity index (χ1n) is 6.30. The average Bonchev–Trinajstić information content (AvgIpc) is 2.73. The second-order valence-electron chi connectivity index (χ2n) is 4.58. The fraction of sp³-hybridized carbons (Fsp3) is 0.308. The highest BCUT2D eigenvalue weighted by molar-refractivity contribution is 5.99. The Bertz CT molecular complexity index is 680. The smallest absolute Gasteiger partial charge is 0.242 e. The van der Waals surface area contributed by atoms with Crippen LogP contribution < -0.4 is 5.32 Å². The van der Waals surface area contributed by atoms with Crippen molar-refractivity contribution in [2.45, 2.75) is 13.0 Å². The number of hydrogen-bond donors (Lipinski definition) is 5. The van der Waals surface area contributed by atoms with E-state index in [9.17, 15) is 10.2 Å². The van der Waals surface area contributed by atoms with Gasteiger partial charge in [0.1, 0.15) is 0 Å². The lowest BCUT2D eigenvalue weighted by Crippen LogP contribution is -2.15. The molecule has 0 spiro atoms. The van der Waals surface area contributed by atoms with E-state index in [-0.39, 0.29) is 23.8 Å². The predicted molar refractivity (Wildman–Crippen MR) is 79.2 cm³/mol. The largest absolute Gasteiger partial charge is 0.494 e. The van der Waals surface area contributed by atoms with Gasteiger partial charge < -0.3 is 20.3 Å². The first-order valence-corrected chi connectivity index (χ1v) is 6.30. The number of guanidine groups is 1. The third-order valence-corrected chi connectivity index (χ3v) is 2.88. The number of methoxy groups -OCH3 is 1. The van der Waals surface area contributed by atoms with Crippen molar-refractivity contribution in [3.63, 3.8) is 0 Å². The van der Waals surface area contributed by atoms with Crippen molar-refractivity contribution in [1.82, 2.24) is 4.98 Å². The molecule has 0 bridgehead atoms. The van der Waals surface area contributed by atoms with E-state index >= 15 is 0 Å². The lowest BCUT2D eigenvalue weighted by atomic mass is 10.2. The Balaban J connectivity index is 2.25. The van der Waals surface area contributed by atoms with Crippen LogP contribution in [0.1, 0.15) is 6.92 Å².